The van der Waals surface area contributed by atoms with Gasteiger partial charge in [-0.3, -0.25) is 9.89 Å². The highest BCUT2D eigenvalue weighted by atomic mass is 127. The lowest BCUT2D eigenvalue weighted by atomic mass is 9.84. The van der Waals surface area contributed by atoms with Crippen molar-refractivity contribution in [1.82, 2.24) is 24.7 Å². The van der Waals surface area contributed by atoms with Crippen LogP contribution in [0.15, 0.2) is 4.99 Å². The number of halogens is 1. The fourth-order valence-corrected chi connectivity index (χ4v) is 6.24. The van der Waals surface area contributed by atoms with E-state index in [1.807, 2.05) is 7.05 Å². The van der Waals surface area contributed by atoms with E-state index in [0.29, 0.717) is 13.1 Å². The third-order valence-electron chi connectivity index (χ3n) is 7.31. The molecule has 3 aliphatic rings. The lowest BCUT2D eigenvalue weighted by Gasteiger charge is -2.50. The number of hydrogen-bond donors (Lipinski definition) is 2. The summed E-state index contributed by atoms with van der Waals surface area (Å²) in [4.78, 5) is 9.65. The third kappa shape index (κ3) is 7.15. The van der Waals surface area contributed by atoms with Crippen molar-refractivity contribution in [2.75, 3.05) is 65.7 Å². The predicted octanol–water partition coefficient (Wildman–Crippen LogP) is 1.53. The molecule has 0 atom stereocenters. The Labute approximate surface area is 206 Å². The standard InChI is InChI=1S/C21H42N6O2S.HI/c1-4-30(28,29)27-14-8-19(9-15-27)24-20(22-2)23-18-21(10-16-25(3)17-11-21)26-12-6-5-7-13-26;/h19H,4-18H2,1-3H3,(H2,22,23,24);1H. The van der Waals surface area contributed by atoms with Crippen molar-refractivity contribution in [2.45, 2.75) is 63.5 Å². The van der Waals surface area contributed by atoms with Crippen LogP contribution in [0, 0.1) is 0 Å². The van der Waals surface area contributed by atoms with Crippen LogP contribution in [0.2, 0.25) is 0 Å². The van der Waals surface area contributed by atoms with Gasteiger partial charge in [0.1, 0.15) is 0 Å². The molecule has 31 heavy (non-hydrogen) atoms. The number of nitrogens with one attached hydrogen (secondary N) is 2. The molecule has 0 spiro atoms. The fraction of sp³-hybridized carbons (Fsp3) is 0.952. The summed E-state index contributed by atoms with van der Waals surface area (Å²) < 4.78 is 25.8. The van der Waals surface area contributed by atoms with Crippen LogP contribution in [0.25, 0.3) is 0 Å². The molecule has 0 amide bonds. The van der Waals surface area contributed by atoms with E-state index in [-0.39, 0.29) is 41.3 Å². The zero-order valence-electron chi connectivity index (χ0n) is 19.6. The van der Waals surface area contributed by atoms with E-state index in [9.17, 15) is 8.42 Å². The smallest absolute Gasteiger partial charge is 0.213 e. The van der Waals surface area contributed by atoms with Crippen LogP contribution < -0.4 is 10.6 Å². The zero-order valence-corrected chi connectivity index (χ0v) is 22.8. The molecule has 3 aliphatic heterocycles. The number of piperidine rings is 3. The van der Waals surface area contributed by atoms with Gasteiger partial charge in [-0.2, -0.15) is 0 Å². The zero-order chi connectivity index (χ0) is 21.6. The van der Waals surface area contributed by atoms with E-state index in [1.165, 1.54) is 45.2 Å². The largest absolute Gasteiger partial charge is 0.355 e. The molecule has 0 radical (unpaired) electrons. The Hall–Kier alpha value is -0.170. The summed E-state index contributed by atoms with van der Waals surface area (Å²) in [5.74, 6) is 1.03. The van der Waals surface area contributed by atoms with Gasteiger partial charge < -0.3 is 15.5 Å². The first-order valence-corrected chi connectivity index (χ1v) is 13.4. The van der Waals surface area contributed by atoms with E-state index >= 15 is 0 Å². The Morgan fingerprint density at radius 3 is 2.19 bits per heavy atom. The maximum absolute atomic E-state index is 12.1. The number of guanidine groups is 1. The van der Waals surface area contributed by atoms with Crippen molar-refractivity contribution in [2.24, 2.45) is 4.99 Å². The van der Waals surface area contributed by atoms with Crippen molar-refractivity contribution in [3.63, 3.8) is 0 Å². The van der Waals surface area contributed by atoms with Gasteiger partial charge in [0.05, 0.1) is 5.75 Å². The van der Waals surface area contributed by atoms with Crippen molar-refractivity contribution >= 4 is 40.0 Å². The average molecular weight is 571 g/mol. The topological polar surface area (TPSA) is 80.3 Å². The van der Waals surface area contributed by atoms with Crippen LogP contribution in [-0.2, 0) is 10.0 Å². The number of rotatable bonds is 6. The minimum absolute atomic E-state index is 0. The number of hydrogen-bond acceptors (Lipinski definition) is 5. The molecule has 0 saturated carbocycles. The predicted molar refractivity (Wildman–Crippen MR) is 139 cm³/mol. The maximum atomic E-state index is 12.1. The van der Waals surface area contributed by atoms with Crippen LogP contribution in [0.3, 0.4) is 0 Å². The first kappa shape index (κ1) is 27.1. The molecule has 8 nitrogen and oxygen atoms in total. The molecule has 0 aromatic heterocycles. The van der Waals surface area contributed by atoms with Gasteiger partial charge in [0.25, 0.3) is 0 Å². The van der Waals surface area contributed by atoms with Gasteiger partial charge in [0.2, 0.25) is 10.0 Å². The minimum atomic E-state index is -3.08. The fourth-order valence-electron chi connectivity index (χ4n) is 5.10. The highest BCUT2D eigenvalue weighted by Crippen LogP contribution is 2.30. The molecule has 3 rings (SSSR count). The Morgan fingerprint density at radius 2 is 1.65 bits per heavy atom. The second kappa shape index (κ2) is 12.3. The third-order valence-corrected chi connectivity index (χ3v) is 9.19. The Bertz CT molecular complexity index is 667. The molecule has 182 valence electrons. The van der Waals surface area contributed by atoms with E-state index in [0.717, 1.165) is 38.4 Å². The quantitative estimate of drug-likeness (QED) is 0.287. The Kier molecular flexibility index (Phi) is 10.8. The highest BCUT2D eigenvalue weighted by Gasteiger charge is 2.39. The summed E-state index contributed by atoms with van der Waals surface area (Å²) in [6.07, 6.45) is 8.01. The van der Waals surface area contributed by atoms with Crippen LogP contribution in [-0.4, -0.2) is 106 Å². The van der Waals surface area contributed by atoms with E-state index in [4.69, 9.17) is 0 Å². The summed E-state index contributed by atoms with van der Waals surface area (Å²) in [5, 5.41) is 7.19. The van der Waals surface area contributed by atoms with Gasteiger partial charge in [0.15, 0.2) is 5.96 Å². The van der Waals surface area contributed by atoms with Crippen molar-refractivity contribution in [1.29, 1.82) is 0 Å². The molecule has 3 fully saturated rings. The molecule has 0 aromatic carbocycles. The monoisotopic (exact) mass is 570 g/mol. The lowest BCUT2D eigenvalue weighted by Crippen LogP contribution is -2.62. The summed E-state index contributed by atoms with van der Waals surface area (Å²) in [7, 11) is 0.971. The number of nitrogens with zero attached hydrogens (tertiary/aromatic N) is 4. The average Bonchev–Trinajstić information content (AvgIpc) is 2.79. The molecule has 0 aliphatic carbocycles. The van der Waals surface area contributed by atoms with E-state index in [2.05, 4.69) is 32.5 Å². The van der Waals surface area contributed by atoms with Crippen molar-refractivity contribution in [3.05, 3.63) is 0 Å². The van der Waals surface area contributed by atoms with Gasteiger partial charge in [-0.25, -0.2) is 12.7 Å². The lowest BCUT2D eigenvalue weighted by molar-refractivity contribution is 0.0172. The normalized spacial score (nSPS) is 25.1. The van der Waals surface area contributed by atoms with Crippen LogP contribution in [0.5, 0.6) is 0 Å². The van der Waals surface area contributed by atoms with Crippen LogP contribution >= 0.6 is 24.0 Å². The van der Waals surface area contributed by atoms with Crippen molar-refractivity contribution < 1.29 is 8.42 Å². The van der Waals surface area contributed by atoms with Gasteiger partial charge in [-0.1, -0.05) is 6.42 Å². The molecular formula is C21H43IN6O2S. The number of likely N-dealkylation sites (tertiary alicyclic amines) is 2. The second-order valence-electron chi connectivity index (χ2n) is 9.22. The first-order valence-electron chi connectivity index (χ1n) is 11.8. The summed E-state index contributed by atoms with van der Waals surface area (Å²) in [5.41, 5.74) is 0.211. The molecule has 0 bridgehead atoms. The van der Waals surface area contributed by atoms with Crippen LogP contribution in [0.4, 0.5) is 0 Å². The molecule has 3 saturated heterocycles. The summed E-state index contributed by atoms with van der Waals surface area (Å²) in [6, 6.07) is 0.267. The van der Waals surface area contributed by atoms with E-state index in [1.54, 1.807) is 11.2 Å². The highest BCUT2D eigenvalue weighted by molar-refractivity contribution is 14.0. The van der Waals surface area contributed by atoms with Gasteiger partial charge in [-0.05, 0) is 78.7 Å². The number of sulfonamides is 1. The molecule has 10 heteroatoms. The molecule has 0 aromatic rings. The van der Waals surface area contributed by atoms with E-state index < -0.39 is 10.0 Å². The first-order chi connectivity index (χ1) is 14.4. The number of aliphatic imine (C=N–C) groups is 1. The van der Waals surface area contributed by atoms with Gasteiger partial charge in [0, 0.05) is 38.3 Å². The SMILES string of the molecule is CCS(=O)(=O)N1CCC(NC(=NC)NCC2(N3CCCCC3)CCN(C)CC2)CC1.I. The van der Waals surface area contributed by atoms with Crippen LogP contribution in [0.1, 0.15) is 51.9 Å². The summed E-state index contributed by atoms with van der Waals surface area (Å²) in [6.45, 7) is 8.53. The Morgan fingerprint density at radius 1 is 1.03 bits per heavy atom. The Balaban J connectivity index is 0.00000341. The van der Waals surface area contributed by atoms with Gasteiger partial charge in [-0.15, -0.1) is 24.0 Å². The molecular weight excluding hydrogens is 527 g/mol. The van der Waals surface area contributed by atoms with Gasteiger partial charge >= 0.3 is 0 Å². The maximum Gasteiger partial charge on any atom is 0.213 e. The van der Waals surface area contributed by atoms with Crippen molar-refractivity contribution in [3.8, 4) is 0 Å². The summed E-state index contributed by atoms with van der Waals surface area (Å²) >= 11 is 0. The second-order valence-corrected chi connectivity index (χ2v) is 11.5. The molecule has 3 heterocycles. The molecule has 2 N–H and O–H groups in total. The minimum Gasteiger partial charge on any atom is -0.355 e. The molecule has 0 unspecified atom stereocenters.